The molecule has 0 spiro atoms. The number of rotatable bonds is 6. The minimum Gasteiger partial charge on any atom is -0.469 e. The van der Waals surface area contributed by atoms with Crippen molar-refractivity contribution in [2.75, 3.05) is 7.11 Å². The van der Waals surface area contributed by atoms with E-state index in [9.17, 15) is 9.59 Å². The van der Waals surface area contributed by atoms with Crippen LogP contribution < -0.4 is 5.32 Å². The standard InChI is InChI=1S/C21H29ClN2O4/c1-12(2)9-15(19(25)27-6)18-16(11-23-20(26)28-21(3,4)5)14-10-13(22)7-8-17(14)24-18/h7-8,10,12,15,24H,9,11H2,1-6H3,(H,23,26)/t15-/m0/s1. The molecule has 0 radical (unpaired) electrons. The van der Waals surface area contributed by atoms with Gasteiger partial charge in [-0.05, 0) is 51.3 Å². The van der Waals surface area contributed by atoms with Gasteiger partial charge in [0.15, 0.2) is 0 Å². The number of hydrogen-bond donors (Lipinski definition) is 2. The molecule has 7 heteroatoms. The molecule has 0 saturated heterocycles. The minimum atomic E-state index is -0.595. The fourth-order valence-corrected chi connectivity index (χ4v) is 3.32. The van der Waals surface area contributed by atoms with E-state index in [1.54, 1.807) is 26.8 Å². The number of aromatic nitrogens is 1. The monoisotopic (exact) mass is 408 g/mol. The molecule has 0 bridgehead atoms. The maximum absolute atomic E-state index is 12.5. The summed E-state index contributed by atoms with van der Waals surface area (Å²) in [5.74, 6) is -0.498. The summed E-state index contributed by atoms with van der Waals surface area (Å²) in [5, 5.41) is 4.22. The summed E-state index contributed by atoms with van der Waals surface area (Å²) in [6.07, 6.45) is 0.0976. The molecule has 0 aliphatic carbocycles. The van der Waals surface area contributed by atoms with E-state index in [1.165, 1.54) is 7.11 Å². The minimum absolute atomic E-state index is 0.205. The molecule has 0 aliphatic rings. The van der Waals surface area contributed by atoms with Gasteiger partial charge in [0.2, 0.25) is 0 Å². The van der Waals surface area contributed by atoms with E-state index in [-0.39, 0.29) is 18.4 Å². The number of carbonyl (C=O) groups is 2. The van der Waals surface area contributed by atoms with Crippen LogP contribution in [-0.4, -0.2) is 29.8 Å². The summed E-state index contributed by atoms with van der Waals surface area (Å²) in [5.41, 5.74) is 1.79. The Morgan fingerprint density at radius 3 is 2.50 bits per heavy atom. The van der Waals surface area contributed by atoms with Crippen molar-refractivity contribution in [2.45, 2.75) is 59.1 Å². The number of fused-ring (bicyclic) bond motifs is 1. The molecule has 0 aliphatic heterocycles. The van der Waals surface area contributed by atoms with Crippen LogP contribution in [0.4, 0.5) is 4.79 Å². The molecule has 154 valence electrons. The average Bonchev–Trinajstić information content (AvgIpc) is 2.93. The van der Waals surface area contributed by atoms with E-state index in [0.717, 1.165) is 22.2 Å². The summed E-state index contributed by atoms with van der Waals surface area (Å²) in [4.78, 5) is 28.0. The molecule has 6 nitrogen and oxygen atoms in total. The maximum atomic E-state index is 12.5. The number of alkyl carbamates (subject to hydrolysis) is 1. The fraction of sp³-hybridized carbons (Fsp3) is 0.524. The highest BCUT2D eigenvalue weighted by Crippen LogP contribution is 2.33. The number of halogens is 1. The summed E-state index contributed by atoms with van der Waals surface area (Å²) >= 11 is 6.19. The Labute approximate surface area is 170 Å². The van der Waals surface area contributed by atoms with E-state index in [0.29, 0.717) is 11.4 Å². The first-order chi connectivity index (χ1) is 13.0. The van der Waals surface area contributed by atoms with Gasteiger partial charge in [0.25, 0.3) is 0 Å². The van der Waals surface area contributed by atoms with Crippen molar-refractivity contribution in [2.24, 2.45) is 5.92 Å². The molecule has 1 atom stereocenters. The Kier molecular flexibility index (Phi) is 6.99. The van der Waals surface area contributed by atoms with Crippen LogP contribution in [-0.2, 0) is 20.8 Å². The lowest BCUT2D eigenvalue weighted by atomic mass is 9.91. The van der Waals surface area contributed by atoms with Crippen LogP contribution in [0.25, 0.3) is 10.9 Å². The number of amides is 1. The summed E-state index contributed by atoms with van der Waals surface area (Å²) in [7, 11) is 1.38. The smallest absolute Gasteiger partial charge is 0.407 e. The summed E-state index contributed by atoms with van der Waals surface area (Å²) in [6.45, 7) is 9.72. The van der Waals surface area contributed by atoms with Gasteiger partial charge < -0.3 is 19.8 Å². The third kappa shape index (κ3) is 5.64. The lowest BCUT2D eigenvalue weighted by Gasteiger charge is -2.21. The summed E-state index contributed by atoms with van der Waals surface area (Å²) < 4.78 is 10.4. The highest BCUT2D eigenvalue weighted by molar-refractivity contribution is 6.31. The van der Waals surface area contributed by atoms with Crippen LogP contribution in [0.15, 0.2) is 18.2 Å². The van der Waals surface area contributed by atoms with E-state index in [2.05, 4.69) is 10.3 Å². The molecule has 0 fully saturated rings. The number of H-pyrrole nitrogens is 1. The zero-order valence-electron chi connectivity index (χ0n) is 17.3. The molecule has 1 aromatic carbocycles. The first kappa shape index (κ1) is 22.1. The molecule has 28 heavy (non-hydrogen) atoms. The Morgan fingerprint density at radius 1 is 1.25 bits per heavy atom. The van der Waals surface area contributed by atoms with Gasteiger partial charge in [-0.3, -0.25) is 4.79 Å². The second-order valence-electron chi connectivity index (χ2n) is 8.27. The van der Waals surface area contributed by atoms with E-state index in [4.69, 9.17) is 21.1 Å². The number of hydrogen-bond acceptors (Lipinski definition) is 4. The van der Waals surface area contributed by atoms with E-state index < -0.39 is 17.6 Å². The topological polar surface area (TPSA) is 80.4 Å². The molecule has 2 aromatic rings. The van der Waals surface area contributed by atoms with Crippen LogP contribution >= 0.6 is 11.6 Å². The van der Waals surface area contributed by atoms with E-state index in [1.807, 2.05) is 26.0 Å². The Bertz CT molecular complexity index is 852. The maximum Gasteiger partial charge on any atom is 0.407 e. The first-order valence-electron chi connectivity index (χ1n) is 9.36. The van der Waals surface area contributed by atoms with Crippen LogP contribution in [0, 0.1) is 5.92 Å². The van der Waals surface area contributed by atoms with Crippen molar-refractivity contribution in [3.8, 4) is 0 Å². The average molecular weight is 409 g/mol. The Hall–Kier alpha value is -2.21. The van der Waals surface area contributed by atoms with Crippen molar-refractivity contribution in [1.29, 1.82) is 0 Å². The molecule has 0 saturated carbocycles. The number of esters is 1. The van der Waals surface area contributed by atoms with Crippen molar-refractivity contribution in [1.82, 2.24) is 10.3 Å². The first-order valence-corrected chi connectivity index (χ1v) is 9.74. The third-order valence-electron chi connectivity index (χ3n) is 4.25. The Morgan fingerprint density at radius 2 is 1.93 bits per heavy atom. The van der Waals surface area contributed by atoms with Crippen molar-refractivity contribution < 1.29 is 19.1 Å². The number of benzene rings is 1. The highest BCUT2D eigenvalue weighted by atomic mass is 35.5. The molecule has 2 N–H and O–H groups in total. The lowest BCUT2D eigenvalue weighted by Crippen LogP contribution is -2.32. The highest BCUT2D eigenvalue weighted by Gasteiger charge is 2.28. The fourth-order valence-electron chi connectivity index (χ4n) is 3.15. The van der Waals surface area contributed by atoms with Gasteiger partial charge in [0.1, 0.15) is 5.60 Å². The van der Waals surface area contributed by atoms with Gasteiger partial charge >= 0.3 is 12.1 Å². The van der Waals surface area contributed by atoms with Gasteiger partial charge in [0, 0.05) is 33.7 Å². The molecule has 1 heterocycles. The number of nitrogens with one attached hydrogen (secondary N) is 2. The molecule has 2 rings (SSSR count). The molecular formula is C21H29ClN2O4. The SMILES string of the molecule is COC(=O)[C@@H](CC(C)C)c1[nH]c2ccc(Cl)cc2c1CNC(=O)OC(C)(C)C. The third-order valence-corrected chi connectivity index (χ3v) is 4.49. The van der Waals surface area contributed by atoms with Gasteiger partial charge in [-0.1, -0.05) is 25.4 Å². The van der Waals surface area contributed by atoms with Gasteiger partial charge in [-0.25, -0.2) is 4.79 Å². The van der Waals surface area contributed by atoms with Crippen molar-refractivity contribution in [3.05, 3.63) is 34.5 Å². The van der Waals surface area contributed by atoms with Crippen molar-refractivity contribution >= 4 is 34.6 Å². The van der Waals surface area contributed by atoms with Gasteiger partial charge in [0.05, 0.1) is 13.0 Å². The number of ether oxygens (including phenoxy) is 2. The number of carbonyl (C=O) groups excluding carboxylic acids is 2. The largest absolute Gasteiger partial charge is 0.469 e. The second kappa shape index (κ2) is 8.86. The van der Waals surface area contributed by atoms with Crippen LogP contribution in [0.1, 0.15) is 58.2 Å². The lowest BCUT2D eigenvalue weighted by molar-refractivity contribution is -0.143. The molecule has 1 amide bonds. The predicted molar refractivity (Wildman–Crippen MR) is 111 cm³/mol. The van der Waals surface area contributed by atoms with Crippen LogP contribution in [0.5, 0.6) is 0 Å². The molecular weight excluding hydrogens is 380 g/mol. The number of methoxy groups -OCH3 is 1. The zero-order valence-corrected chi connectivity index (χ0v) is 18.1. The van der Waals surface area contributed by atoms with Crippen LogP contribution in [0.3, 0.4) is 0 Å². The molecule has 1 aromatic heterocycles. The van der Waals surface area contributed by atoms with Crippen LogP contribution in [0.2, 0.25) is 5.02 Å². The van der Waals surface area contributed by atoms with Crippen molar-refractivity contribution in [3.63, 3.8) is 0 Å². The van der Waals surface area contributed by atoms with E-state index >= 15 is 0 Å². The summed E-state index contributed by atoms with van der Waals surface area (Å²) in [6, 6.07) is 5.47. The Balaban J connectivity index is 2.45. The van der Waals surface area contributed by atoms with Gasteiger partial charge in [-0.15, -0.1) is 0 Å². The second-order valence-corrected chi connectivity index (χ2v) is 8.70. The zero-order chi connectivity index (χ0) is 21.1. The molecule has 0 unspecified atom stereocenters. The normalized spacial score (nSPS) is 12.9. The number of aromatic amines is 1. The van der Waals surface area contributed by atoms with Gasteiger partial charge in [-0.2, -0.15) is 0 Å². The quantitative estimate of drug-likeness (QED) is 0.648. The predicted octanol–water partition coefficient (Wildman–Crippen LogP) is 5.15.